The van der Waals surface area contributed by atoms with Gasteiger partial charge >= 0.3 is 0 Å². The Kier molecular flexibility index (Phi) is 7.70. The van der Waals surface area contributed by atoms with Gasteiger partial charge in [0.2, 0.25) is 0 Å². The number of hydrogen-bond acceptors (Lipinski definition) is 3. The number of carbonyl (C=O) groups excluding carboxylic acids is 1. The number of rotatable bonds is 9. The third kappa shape index (κ3) is 5.02. The van der Waals surface area contributed by atoms with Crippen molar-refractivity contribution < 1.29 is 9.18 Å². The van der Waals surface area contributed by atoms with E-state index >= 15 is 0 Å². The van der Waals surface area contributed by atoms with Crippen molar-refractivity contribution in [3.05, 3.63) is 106 Å². The molecule has 1 aromatic heterocycles. The molecule has 0 fully saturated rings. The first-order valence-electron chi connectivity index (χ1n) is 12.2. The van der Waals surface area contributed by atoms with E-state index in [0.717, 1.165) is 19.3 Å². The summed E-state index contributed by atoms with van der Waals surface area (Å²) in [5.41, 5.74) is 1.08. The minimum atomic E-state index is -0.556. The van der Waals surface area contributed by atoms with E-state index in [2.05, 4.69) is 6.92 Å². The predicted molar refractivity (Wildman–Crippen MR) is 137 cm³/mol. The van der Waals surface area contributed by atoms with Crippen LogP contribution in [0.1, 0.15) is 61.8 Å². The van der Waals surface area contributed by atoms with Crippen molar-refractivity contribution >= 4 is 16.8 Å². The van der Waals surface area contributed by atoms with Gasteiger partial charge in [-0.15, -0.1) is 0 Å². The first-order chi connectivity index (χ1) is 17.1. The number of carbonyl (C=O) groups is 1. The Balaban J connectivity index is 1.92. The SMILES string of the molecule is CCCCCN(C(=O)c1ccccc1F)C(CC)c1nc2ccccc2c(=O)n1-c1ccccc1. The Morgan fingerprint density at radius 2 is 1.63 bits per heavy atom. The fourth-order valence-corrected chi connectivity index (χ4v) is 4.46. The van der Waals surface area contributed by atoms with E-state index in [1.165, 1.54) is 12.1 Å². The van der Waals surface area contributed by atoms with Gasteiger partial charge in [-0.1, -0.05) is 69.2 Å². The van der Waals surface area contributed by atoms with Crippen LogP contribution < -0.4 is 5.56 Å². The summed E-state index contributed by atoms with van der Waals surface area (Å²) in [6, 6.07) is 22.1. The van der Waals surface area contributed by atoms with Crippen molar-refractivity contribution in [2.45, 2.75) is 45.6 Å². The summed E-state index contributed by atoms with van der Waals surface area (Å²) in [5, 5.41) is 0.507. The lowest BCUT2D eigenvalue weighted by atomic mass is 10.1. The van der Waals surface area contributed by atoms with Crippen LogP contribution in [0.4, 0.5) is 4.39 Å². The highest BCUT2D eigenvalue weighted by atomic mass is 19.1. The Morgan fingerprint density at radius 3 is 2.34 bits per heavy atom. The summed E-state index contributed by atoms with van der Waals surface area (Å²) in [5.74, 6) is -0.476. The summed E-state index contributed by atoms with van der Waals surface area (Å²) in [6.07, 6.45) is 3.22. The second-order valence-corrected chi connectivity index (χ2v) is 8.57. The molecule has 0 radical (unpaired) electrons. The third-order valence-electron chi connectivity index (χ3n) is 6.24. The van der Waals surface area contributed by atoms with Gasteiger partial charge in [-0.25, -0.2) is 9.37 Å². The number of para-hydroxylation sites is 2. The zero-order valence-corrected chi connectivity index (χ0v) is 20.2. The molecule has 0 saturated carbocycles. The minimum absolute atomic E-state index is 0.0249. The Hall–Kier alpha value is -3.80. The van der Waals surface area contributed by atoms with Gasteiger partial charge in [0.25, 0.3) is 11.5 Å². The average Bonchev–Trinajstić information content (AvgIpc) is 2.89. The molecular formula is C29H30FN3O2. The first kappa shape index (κ1) is 24.3. The van der Waals surface area contributed by atoms with E-state index < -0.39 is 17.8 Å². The zero-order valence-electron chi connectivity index (χ0n) is 20.2. The largest absolute Gasteiger partial charge is 0.328 e. The summed E-state index contributed by atoms with van der Waals surface area (Å²) in [7, 11) is 0. The highest BCUT2D eigenvalue weighted by molar-refractivity contribution is 5.94. The lowest BCUT2D eigenvalue weighted by Gasteiger charge is -2.32. The van der Waals surface area contributed by atoms with E-state index in [0.29, 0.717) is 35.4 Å². The molecule has 0 aliphatic heterocycles. The van der Waals surface area contributed by atoms with Crippen LogP contribution in [0.25, 0.3) is 16.6 Å². The molecule has 0 saturated heterocycles. The van der Waals surface area contributed by atoms with Crippen molar-refractivity contribution in [3.8, 4) is 5.69 Å². The average molecular weight is 472 g/mol. The van der Waals surface area contributed by atoms with Gasteiger partial charge in [0, 0.05) is 6.54 Å². The maximum absolute atomic E-state index is 14.7. The molecule has 35 heavy (non-hydrogen) atoms. The molecule has 1 heterocycles. The van der Waals surface area contributed by atoms with Gasteiger partial charge in [-0.2, -0.15) is 0 Å². The summed E-state index contributed by atoms with van der Waals surface area (Å²) in [6.45, 7) is 4.50. The fraction of sp³-hybridized carbons (Fsp3) is 0.276. The molecule has 0 aliphatic rings. The zero-order chi connectivity index (χ0) is 24.8. The van der Waals surface area contributed by atoms with Gasteiger partial charge in [0.1, 0.15) is 11.6 Å². The molecule has 1 amide bonds. The topological polar surface area (TPSA) is 55.2 Å². The van der Waals surface area contributed by atoms with Crippen LogP contribution in [0.2, 0.25) is 0 Å². The van der Waals surface area contributed by atoms with E-state index in [1.807, 2.05) is 55.5 Å². The first-order valence-corrected chi connectivity index (χ1v) is 12.2. The number of benzene rings is 3. The van der Waals surface area contributed by atoms with Gasteiger partial charge in [-0.3, -0.25) is 14.2 Å². The quantitative estimate of drug-likeness (QED) is 0.269. The number of unbranched alkanes of at least 4 members (excludes halogenated alkanes) is 2. The van der Waals surface area contributed by atoms with Crippen LogP contribution in [-0.4, -0.2) is 26.9 Å². The van der Waals surface area contributed by atoms with Crippen LogP contribution in [0, 0.1) is 5.82 Å². The molecule has 0 N–H and O–H groups in total. The summed E-state index contributed by atoms with van der Waals surface area (Å²) >= 11 is 0. The Labute approximate surface area is 204 Å². The van der Waals surface area contributed by atoms with Gasteiger partial charge in [0.05, 0.1) is 28.2 Å². The minimum Gasteiger partial charge on any atom is -0.328 e. The molecule has 1 atom stereocenters. The van der Waals surface area contributed by atoms with Crippen LogP contribution in [0.5, 0.6) is 0 Å². The number of aromatic nitrogens is 2. The van der Waals surface area contributed by atoms with Crippen LogP contribution in [0.3, 0.4) is 0 Å². The van der Waals surface area contributed by atoms with Crippen LogP contribution in [0.15, 0.2) is 83.7 Å². The second-order valence-electron chi connectivity index (χ2n) is 8.57. The van der Waals surface area contributed by atoms with Gasteiger partial charge in [0.15, 0.2) is 0 Å². The maximum Gasteiger partial charge on any atom is 0.266 e. The molecule has 0 spiro atoms. The fourth-order valence-electron chi connectivity index (χ4n) is 4.46. The smallest absolute Gasteiger partial charge is 0.266 e. The Bertz CT molecular complexity index is 1370. The van der Waals surface area contributed by atoms with Crippen molar-refractivity contribution in [1.82, 2.24) is 14.5 Å². The van der Waals surface area contributed by atoms with Crippen molar-refractivity contribution in [3.63, 3.8) is 0 Å². The lowest BCUT2D eigenvalue weighted by Crippen LogP contribution is -2.39. The number of fused-ring (bicyclic) bond motifs is 1. The van der Waals surface area contributed by atoms with E-state index in [4.69, 9.17) is 4.98 Å². The maximum atomic E-state index is 14.7. The molecule has 1 unspecified atom stereocenters. The Morgan fingerprint density at radius 1 is 0.943 bits per heavy atom. The van der Waals surface area contributed by atoms with E-state index in [9.17, 15) is 14.0 Å². The molecule has 180 valence electrons. The molecular weight excluding hydrogens is 441 g/mol. The number of hydrogen-bond donors (Lipinski definition) is 0. The summed E-state index contributed by atoms with van der Waals surface area (Å²) < 4.78 is 16.3. The highest BCUT2D eigenvalue weighted by Gasteiger charge is 2.30. The molecule has 6 heteroatoms. The van der Waals surface area contributed by atoms with E-state index in [1.54, 1.807) is 27.7 Å². The van der Waals surface area contributed by atoms with Crippen molar-refractivity contribution in [1.29, 1.82) is 0 Å². The monoisotopic (exact) mass is 471 g/mol. The van der Waals surface area contributed by atoms with Gasteiger partial charge < -0.3 is 4.90 Å². The molecule has 4 rings (SSSR count). The number of amides is 1. The van der Waals surface area contributed by atoms with Gasteiger partial charge in [-0.05, 0) is 49.2 Å². The van der Waals surface area contributed by atoms with Crippen molar-refractivity contribution in [2.75, 3.05) is 6.54 Å². The molecule has 3 aromatic carbocycles. The second kappa shape index (κ2) is 11.1. The van der Waals surface area contributed by atoms with Crippen LogP contribution >= 0.6 is 0 Å². The molecule has 0 bridgehead atoms. The molecule has 0 aliphatic carbocycles. The predicted octanol–water partition coefficient (Wildman–Crippen LogP) is 6.31. The van der Waals surface area contributed by atoms with Crippen LogP contribution in [-0.2, 0) is 0 Å². The lowest BCUT2D eigenvalue weighted by molar-refractivity contribution is 0.0650. The van der Waals surface area contributed by atoms with E-state index in [-0.39, 0.29) is 11.1 Å². The summed E-state index contributed by atoms with van der Waals surface area (Å²) in [4.78, 5) is 34.0. The normalized spacial score (nSPS) is 12.0. The number of halogens is 1. The van der Waals surface area contributed by atoms with Crippen molar-refractivity contribution in [2.24, 2.45) is 0 Å². The number of nitrogens with zero attached hydrogens (tertiary/aromatic N) is 3. The third-order valence-corrected chi connectivity index (χ3v) is 6.24. The standard InChI is InChI=1S/C29H30FN3O2/c1-3-5-13-20-32(28(34)22-16-9-11-18-24(22)30)26(4-2)27-31-25-19-12-10-17-23(25)29(35)33(27)21-14-7-6-8-15-21/h6-12,14-19,26H,3-5,13,20H2,1-2H3. The molecule has 5 nitrogen and oxygen atoms in total. The molecule has 4 aromatic rings. The highest BCUT2D eigenvalue weighted by Crippen LogP contribution is 2.28.